The molecule has 2 saturated heterocycles. The van der Waals surface area contributed by atoms with E-state index in [-0.39, 0.29) is 41.2 Å². The molecule has 2 fully saturated rings. The van der Waals surface area contributed by atoms with Crippen LogP contribution in [-0.2, 0) is 0 Å². The lowest BCUT2D eigenvalue weighted by molar-refractivity contribution is 0.118. The number of benzene rings is 2. The average molecular weight is 597 g/mol. The number of piperidine rings is 1. The number of likely N-dealkylation sites (tertiary alicyclic amines) is 1. The first-order chi connectivity index (χ1) is 21.4. The zero-order valence-electron chi connectivity index (χ0n) is 25.0. The summed E-state index contributed by atoms with van der Waals surface area (Å²) in [5.74, 6) is -0.780. The first-order valence-corrected chi connectivity index (χ1v) is 15.2. The van der Waals surface area contributed by atoms with E-state index in [1.807, 2.05) is 24.6 Å². The number of nitrogens with one attached hydrogen (secondary N) is 1. The minimum atomic E-state index is -0.554. The Morgan fingerprint density at radius 1 is 1.16 bits per heavy atom. The second-order valence-corrected chi connectivity index (χ2v) is 12.1. The van der Waals surface area contributed by atoms with Crippen molar-refractivity contribution < 1.29 is 13.5 Å². The summed E-state index contributed by atoms with van der Waals surface area (Å²) < 4.78 is 40.0. The Morgan fingerprint density at radius 3 is 2.75 bits per heavy atom. The highest BCUT2D eigenvalue weighted by Gasteiger charge is 2.32. The number of nitrogens with zero attached hydrogens (tertiary/aromatic N) is 7. The van der Waals surface area contributed by atoms with Crippen LogP contribution < -0.4 is 10.1 Å². The van der Waals surface area contributed by atoms with Gasteiger partial charge in [0.25, 0.3) is 0 Å². The summed E-state index contributed by atoms with van der Waals surface area (Å²) in [5.41, 5.74) is 2.53. The van der Waals surface area contributed by atoms with Gasteiger partial charge >= 0.3 is 0 Å². The van der Waals surface area contributed by atoms with Gasteiger partial charge < -0.3 is 10.1 Å². The largest absolute Gasteiger partial charge is 0.471 e. The fraction of sp³-hybridized carbons (Fsp3) is 0.424. The zero-order chi connectivity index (χ0) is 30.5. The number of ether oxygens (including phenoxy) is 1. The van der Waals surface area contributed by atoms with Crippen LogP contribution in [0.15, 0.2) is 36.5 Å². The molecule has 3 aromatic heterocycles. The lowest BCUT2D eigenvalue weighted by Crippen LogP contribution is -2.39. The van der Waals surface area contributed by atoms with E-state index in [1.54, 1.807) is 24.3 Å². The molecule has 0 aliphatic carbocycles. The van der Waals surface area contributed by atoms with Gasteiger partial charge in [-0.15, -0.1) is 5.10 Å². The van der Waals surface area contributed by atoms with E-state index in [0.717, 1.165) is 38.5 Å². The van der Waals surface area contributed by atoms with E-state index in [0.29, 0.717) is 51.3 Å². The van der Waals surface area contributed by atoms with Crippen LogP contribution in [0.2, 0.25) is 0 Å². The minimum absolute atomic E-state index is 0.0302. The molecular weight excluding hydrogens is 562 g/mol. The maximum absolute atomic E-state index is 16.9. The number of halogens is 2. The standard InChI is InChI=1S/C33H34F2N8O/c1-18-15-24-30(28(35)27(18)29-23-8-5-4-7-22(23)25(34)17-38-29)39-33(44-19(2)26-9-6-14-42(26)3)31-32(24)43(41-40-31)21-11-13-37-20(16-21)10-12-36/h4-5,7-8,15,17,19-21,26,37H,6,9-11,13-14,16H2,1-3H3/t19-,20+,21-,26-/m0/s1. The summed E-state index contributed by atoms with van der Waals surface area (Å²) in [6, 6.07) is 11.3. The van der Waals surface area contributed by atoms with E-state index < -0.39 is 11.6 Å². The number of nitriles is 1. The van der Waals surface area contributed by atoms with Crippen molar-refractivity contribution in [2.24, 2.45) is 0 Å². The molecule has 1 N–H and O–H groups in total. The summed E-state index contributed by atoms with van der Waals surface area (Å²) in [7, 11) is 2.08. The lowest BCUT2D eigenvalue weighted by atomic mass is 9.95. The smallest absolute Gasteiger partial charge is 0.245 e. The number of hydrogen-bond donors (Lipinski definition) is 1. The lowest BCUT2D eigenvalue weighted by Gasteiger charge is -2.29. The Kier molecular flexibility index (Phi) is 7.34. The van der Waals surface area contributed by atoms with Gasteiger partial charge in [-0.3, -0.25) is 9.88 Å². The Morgan fingerprint density at radius 2 is 1.98 bits per heavy atom. The summed E-state index contributed by atoms with van der Waals surface area (Å²) in [5, 5.41) is 23.3. The highest BCUT2D eigenvalue weighted by atomic mass is 19.1. The zero-order valence-corrected chi connectivity index (χ0v) is 25.0. The van der Waals surface area contributed by atoms with Crippen LogP contribution in [0.3, 0.4) is 0 Å². The van der Waals surface area contributed by atoms with Crippen molar-refractivity contribution in [3.63, 3.8) is 0 Å². The molecule has 5 aromatic rings. The van der Waals surface area contributed by atoms with Crippen molar-refractivity contribution in [2.45, 2.75) is 70.2 Å². The van der Waals surface area contributed by atoms with Crippen LogP contribution in [0.5, 0.6) is 5.88 Å². The third kappa shape index (κ3) is 4.73. The fourth-order valence-electron chi connectivity index (χ4n) is 7.14. The van der Waals surface area contributed by atoms with Crippen molar-refractivity contribution in [3.05, 3.63) is 53.7 Å². The third-order valence-electron chi connectivity index (χ3n) is 9.35. The summed E-state index contributed by atoms with van der Waals surface area (Å²) in [6.45, 7) is 5.56. The van der Waals surface area contributed by atoms with Crippen molar-refractivity contribution >= 4 is 32.7 Å². The maximum Gasteiger partial charge on any atom is 0.245 e. The van der Waals surface area contributed by atoms with Gasteiger partial charge in [-0.2, -0.15) is 5.26 Å². The topological polar surface area (TPSA) is 105 Å². The highest BCUT2D eigenvalue weighted by molar-refractivity contribution is 6.07. The van der Waals surface area contributed by atoms with Crippen molar-refractivity contribution in [3.8, 4) is 23.2 Å². The molecule has 44 heavy (non-hydrogen) atoms. The van der Waals surface area contributed by atoms with Gasteiger partial charge in [0, 0.05) is 33.8 Å². The van der Waals surface area contributed by atoms with Gasteiger partial charge in [0.1, 0.15) is 23.0 Å². The van der Waals surface area contributed by atoms with E-state index in [4.69, 9.17) is 9.72 Å². The predicted octanol–water partition coefficient (Wildman–Crippen LogP) is 5.85. The van der Waals surface area contributed by atoms with E-state index in [9.17, 15) is 9.65 Å². The number of aromatic nitrogens is 5. The molecule has 0 unspecified atom stereocenters. The van der Waals surface area contributed by atoms with Crippen LogP contribution in [0.25, 0.3) is 44.0 Å². The predicted molar refractivity (Wildman–Crippen MR) is 164 cm³/mol. The molecule has 0 radical (unpaired) electrons. The molecule has 0 spiro atoms. The summed E-state index contributed by atoms with van der Waals surface area (Å²) in [6.07, 6.45) is 4.88. The quantitative estimate of drug-likeness (QED) is 0.260. The van der Waals surface area contributed by atoms with Crippen molar-refractivity contribution in [1.82, 2.24) is 35.2 Å². The van der Waals surface area contributed by atoms with Crippen LogP contribution in [-0.4, -0.2) is 68.2 Å². The number of aryl methyl sites for hydroxylation is 1. The molecule has 2 aliphatic heterocycles. The molecule has 4 atom stereocenters. The molecule has 11 heteroatoms. The Labute approximate surface area is 253 Å². The molecule has 0 saturated carbocycles. The van der Waals surface area contributed by atoms with E-state index in [2.05, 4.69) is 38.6 Å². The van der Waals surface area contributed by atoms with Crippen LogP contribution in [0, 0.1) is 29.9 Å². The van der Waals surface area contributed by atoms with Crippen LogP contribution in [0.4, 0.5) is 8.78 Å². The SMILES string of the molecule is Cc1cc2c(nc(O[C@@H](C)[C@@H]3CCCN3C)c3nnn([C@H]4CCN[C@H](CC#N)C4)c32)c(F)c1-c1ncc(F)c2ccccc12. The fourth-order valence-corrected chi connectivity index (χ4v) is 7.14. The van der Waals surface area contributed by atoms with Crippen molar-refractivity contribution in [1.29, 1.82) is 5.26 Å². The minimum Gasteiger partial charge on any atom is -0.471 e. The monoisotopic (exact) mass is 596 g/mol. The molecule has 0 bridgehead atoms. The summed E-state index contributed by atoms with van der Waals surface area (Å²) >= 11 is 0. The van der Waals surface area contributed by atoms with Gasteiger partial charge in [-0.05, 0) is 71.3 Å². The third-order valence-corrected chi connectivity index (χ3v) is 9.35. The molecule has 5 heterocycles. The second-order valence-electron chi connectivity index (χ2n) is 12.1. The van der Waals surface area contributed by atoms with Gasteiger partial charge in [0.2, 0.25) is 5.88 Å². The average Bonchev–Trinajstić information content (AvgIpc) is 3.66. The van der Waals surface area contributed by atoms with Gasteiger partial charge in [-0.25, -0.2) is 18.4 Å². The van der Waals surface area contributed by atoms with Gasteiger partial charge in [-0.1, -0.05) is 29.5 Å². The van der Waals surface area contributed by atoms with Gasteiger partial charge in [0.15, 0.2) is 11.3 Å². The van der Waals surface area contributed by atoms with Crippen LogP contribution >= 0.6 is 0 Å². The Hall–Kier alpha value is -4.27. The number of hydrogen-bond acceptors (Lipinski definition) is 8. The number of fused-ring (bicyclic) bond motifs is 4. The molecular formula is C33H34F2N8O. The second kappa shape index (κ2) is 11.3. The number of pyridine rings is 2. The van der Waals surface area contributed by atoms with Crippen molar-refractivity contribution in [2.75, 3.05) is 20.1 Å². The highest BCUT2D eigenvalue weighted by Crippen LogP contribution is 2.40. The van der Waals surface area contributed by atoms with E-state index in [1.165, 1.54) is 0 Å². The maximum atomic E-state index is 16.9. The normalized spacial score (nSPS) is 21.7. The van der Waals surface area contributed by atoms with E-state index >= 15 is 4.39 Å². The van der Waals surface area contributed by atoms with Gasteiger partial charge in [0.05, 0.1) is 30.4 Å². The molecule has 7 rings (SSSR count). The molecule has 2 aromatic carbocycles. The molecule has 226 valence electrons. The summed E-state index contributed by atoms with van der Waals surface area (Å²) in [4.78, 5) is 11.4. The number of likely N-dealkylation sites (N-methyl/N-ethyl adjacent to an activating group) is 1. The first kappa shape index (κ1) is 28.5. The first-order valence-electron chi connectivity index (χ1n) is 15.2. The number of rotatable bonds is 6. The molecule has 9 nitrogen and oxygen atoms in total. The molecule has 2 aliphatic rings. The molecule has 0 amide bonds. The van der Waals surface area contributed by atoms with Crippen LogP contribution in [0.1, 0.15) is 50.6 Å². The Balaban J connectivity index is 1.45. The Bertz CT molecular complexity index is 1940.